The highest BCUT2D eigenvalue weighted by Gasteiger charge is 2.30. The maximum Gasteiger partial charge on any atom is 0.268 e. The second kappa shape index (κ2) is 9.22. The molecular formula is C23H26N4O4S. The van der Waals surface area contributed by atoms with Crippen LogP contribution in [-0.2, 0) is 22.4 Å². The normalized spacial score (nSPS) is 16.2. The van der Waals surface area contributed by atoms with E-state index in [1.54, 1.807) is 43.4 Å². The van der Waals surface area contributed by atoms with Gasteiger partial charge in [-0.15, -0.1) is 11.3 Å². The summed E-state index contributed by atoms with van der Waals surface area (Å²) >= 11 is 1.47. The van der Waals surface area contributed by atoms with E-state index in [-0.39, 0.29) is 36.5 Å². The fourth-order valence-electron chi connectivity index (χ4n) is 4.13. The van der Waals surface area contributed by atoms with Crippen molar-refractivity contribution in [2.24, 2.45) is 0 Å². The molecule has 2 aliphatic rings. The van der Waals surface area contributed by atoms with E-state index in [0.717, 1.165) is 47.4 Å². The number of anilines is 2. The largest absolute Gasteiger partial charge is 0.313 e. The molecule has 1 aliphatic carbocycles. The molecule has 2 heterocycles. The van der Waals surface area contributed by atoms with Crippen molar-refractivity contribution in [1.82, 2.24) is 10.4 Å². The molecule has 2 N–H and O–H groups in total. The van der Waals surface area contributed by atoms with E-state index >= 15 is 0 Å². The number of fused-ring (bicyclic) bond motifs is 1. The summed E-state index contributed by atoms with van der Waals surface area (Å²) in [5, 5.41) is 5.06. The molecule has 0 saturated carbocycles. The predicted molar refractivity (Wildman–Crippen MR) is 123 cm³/mol. The third-order valence-corrected chi connectivity index (χ3v) is 6.85. The van der Waals surface area contributed by atoms with Crippen molar-refractivity contribution in [3.05, 3.63) is 45.8 Å². The Labute approximate surface area is 190 Å². The van der Waals surface area contributed by atoms with Gasteiger partial charge in [-0.3, -0.25) is 29.5 Å². The maximum absolute atomic E-state index is 13.0. The van der Waals surface area contributed by atoms with E-state index in [2.05, 4.69) is 10.7 Å². The quantitative estimate of drug-likeness (QED) is 0.411. The van der Waals surface area contributed by atoms with Gasteiger partial charge >= 0.3 is 0 Å². The molecule has 1 aliphatic heterocycles. The van der Waals surface area contributed by atoms with Crippen LogP contribution in [0.2, 0.25) is 0 Å². The third kappa shape index (κ3) is 4.44. The zero-order chi connectivity index (χ0) is 22.8. The molecule has 4 amide bonds. The van der Waals surface area contributed by atoms with E-state index in [9.17, 15) is 19.2 Å². The van der Waals surface area contributed by atoms with Crippen LogP contribution in [0.5, 0.6) is 0 Å². The number of hydrogen-bond acceptors (Lipinski definition) is 6. The highest BCUT2D eigenvalue weighted by molar-refractivity contribution is 7.17. The number of nitrogens with one attached hydrogen (secondary N) is 2. The van der Waals surface area contributed by atoms with Gasteiger partial charge in [-0.25, -0.2) is 5.01 Å². The number of rotatable bonds is 5. The van der Waals surface area contributed by atoms with Crippen molar-refractivity contribution in [2.75, 3.05) is 24.3 Å². The molecular weight excluding hydrogens is 428 g/mol. The van der Waals surface area contributed by atoms with Gasteiger partial charge in [-0.1, -0.05) is 6.42 Å². The first-order valence-corrected chi connectivity index (χ1v) is 11.6. The van der Waals surface area contributed by atoms with E-state index in [1.807, 2.05) is 0 Å². The molecule has 1 aromatic carbocycles. The average Bonchev–Trinajstić information content (AvgIpc) is 3.16. The summed E-state index contributed by atoms with van der Waals surface area (Å²) in [7, 11) is 3.50. The monoisotopic (exact) mass is 454 g/mol. The molecule has 0 atom stereocenters. The van der Waals surface area contributed by atoms with Gasteiger partial charge in [0.2, 0.25) is 11.8 Å². The lowest BCUT2D eigenvalue weighted by Gasteiger charge is -2.15. The zero-order valence-electron chi connectivity index (χ0n) is 18.2. The summed E-state index contributed by atoms with van der Waals surface area (Å²) in [5.74, 6) is -1.04. The molecule has 168 valence electrons. The summed E-state index contributed by atoms with van der Waals surface area (Å²) < 4.78 is 0. The van der Waals surface area contributed by atoms with Crippen molar-refractivity contribution in [3.8, 4) is 0 Å². The topological polar surface area (TPSA) is 98.8 Å². The van der Waals surface area contributed by atoms with Crippen molar-refractivity contribution in [2.45, 2.75) is 44.9 Å². The molecule has 8 nitrogen and oxygen atoms in total. The molecule has 0 radical (unpaired) electrons. The van der Waals surface area contributed by atoms with Crippen LogP contribution in [0.4, 0.5) is 10.7 Å². The number of carbonyl (C=O) groups excluding carboxylic acids is 4. The summed E-state index contributed by atoms with van der Waals surface area (Å²) in [5.41, 5.74) is 5.21. The first-order chi connectivity index (χ1) is 15.3. The fourth-order valence-corrected chi connectivity index (χ4v) is 5.41. The van der Waals surface area contributed by atoms with Crippen LogP contribution in [0.25, 0.3) is 0 Å². The van der Waals surface area contributed by atoms with Crippen molar-refractivity contribution < 1.29 is 19.2 Å². The van der Waals surface area contributed by atoms with Crippen LogP contribution in [-0.4, -0.2) is 42.7 Å². The van der Waals surface area contributed by atoms with Gasteiger partial charge in [-0.05, 0) is 55.5 Å². The predicted octanol–water partition coefficient (Wildman–Crippen LogP) is 3.13. The van der Waals surface area contributed by atoms with Gasteiger partial charge in [-0.2, -0.15) is 0 Å². The van der Waals surface area contributed by atoms with Gasteiger partial charge in [0.25, 0.3) is 11.8 Å². The number of thiophene rings is 1. The molecule has 2 aromatic rings. The van der Waals surface area contributed by atoms with Gasteiger partial charge in [0.15, 0.2) is 0 Å². The minimum absolute atomic E-state index is 0.210. The molecule has 0 bridgehead atoms. The first-order valence-electron chi connectivity index (χ1n) is 10.7. The van der Waals surface area contributed by atoms with Crippen LogP contribution in [0, 0.1) is 0 Å². The van der Waals surface area contributed by atoms with Gasteiger partial charge in [0, 0.05) is 37.4 Å². The van der Waals surface area contributed by atoms with E-state index in [4.69, 9.17) is 0 Å². The number of amides is 4. The van der Waals surface area contributed by atoms with Gasteiger partial charge < -0.3 is 5.32 Å². The number of nitrogens with zero attached hydrogens (tertiary/aromatic N) is 2. The number of carbonyl (C=O) groups is 4. The Morgan fingerprint density at radius 3 is 2.22 bits per heavy atom. The Balaban J connectivity index is 1.58. The van der Waals surface area contributed by atoms with Gasteiger partial charge in [0.1, 0.15) is 5.00 Å². The Kier molecular flexibility index (Phi) is 6.38. The minimum atomic E-state index is -0.342. The lowest BCUT2D eigenvalue weighted by molar-refractivity contribution is -0.121. The van der Waals surface area contributed by atoms with Crippen LogP contribution in [0.3, 0.4) is 0 Å². The summed E-state index contributed by atoms with van der Waals surface area (Å²) in [6, 6.07) is 6.36. The smallest absolute Gasteiger partial charge is 0.268 e. The maximum atomic E-state index is 13.0. The summed E-state index contributed by atoms with van der Waals surface area (Å²) in [6.07, 6.45) is 5.38. The van der Waals surface area contributed by atoms with Crippen molar-refractivity contribution >= 4 is 45.7 Å². The first kappa shape index (κ1) is 22.2. The Morgan fingerprint density at radius 2 is 1.56 bits per heavy atom. The second-order valence-corrected chi connectivity index (χ2v) is 9.33. The Hall–Kier alpha value is -3.04. The number of aryl methyl sites for hydroxylation is 1. The molecule has 4 rings (SSSR count). The van der Waals surface area contributed by atoms with Crippen molar-refractivity contribution in [1.29, 1.82) is 0 Å². The molecule has 0 spiro atoms. The number of hydrazine groups is 1. The highest BCUT2D eigenvalue weighted by Crippen LogP contribution is 2.38. The van der Waals surface area contributed by atoms with E-state index in [0.29, 0.717) is 21.8 Å². The van der Waals surface area contributed by atoms with Crippen LogP contribution in [0.15, 0.2) is 24.3 Å². The van der Waals surface area contributed by atoms with Crippen molar-refractivity contribution in [3.63, 3.8) is 0 Å². The second-order valence-electron chi connectivity index (χ2n) is 8.23. The standard InChI is InChI=1S/C23H26N4O4S/c1-26(2)25-22(31)20-16-6-4-3-5-7-17(16)32-23(20)24-21(30)14-8-10-15(11-9-14)27-18(28)12-13-19(27)29/h8-11H,3-7,12-13H2,1-2H3,(H,24,30)(H,25,31). The average molecular weight is 455 g/mol. The Bertz CT molecular complexity index is 1060. The molecule has 32 heavy (non-hydrogen) atoms. The molecule has 1 saturated heterocycles. The third-order valence-electron chi connectivity index (χ3n) is 5.64. The van der Waals surface area contributed by atoms with E-state index < -0.39 is 0 Å². The zero-order valence-corrected chi connectivity index (χ0v) is 19.0. The van der Waals surface area contributed by atoms with E-state index in [1.165, 1.54) is 11.3 Å². The Morgan fingerprint density at radius 1 is 0.906 bits per heavy atom. The molecule has 1 aromatic heterocycles. The molecule has 9 heteroatoms. The number of imide groups is 1. The van der Waals surface area contributed by atoms with Crippen LogP contribution >= 0.6 is 11.3 Å². The summed E-state index contributed by atoms with van der Waals surface area (Å²) in [6.45, 7) is 0. The number of hydrogen-bond donors (Lipinski definition) is 2. The lowest BCUT2D eigenvalue weighted by atomic mass is 10.0. The van der Waals surface area contributed by atoms with Crippen LogP contribution < -0.4 is 15.6 Å². The minimum Gasteiger partial charge on any atom is -0.313 e. The highest BCUT2D eigenvalue weighted by atomic mass is 32.1. The van der Waals surface area contributed by atoms with Crippen LogP contribution in [0.1, 0.15) is 63.3 Å². The summed E-state index contributed by atoms with van der Waals surface area (Å²) in [4.78, 5) is 52.1. The van der Waals surface area contributed by atoms with Gasteiger partial charge in [0.05, 0.1) is 11.3 Å². The lowest BCUT2D eigenvalue weighted by Crippen LogP contribution is -2.36. The fraction of sp³-hybridized carbons (Fsp3) is 0.391. The molecule has 1 fully saturated rings. The molecule has 0 unspecified atom stereocenters. The SMILES string of the molecule is CN(C)NC(=O)c1c(NC(=O)c2ccc(N3C(=O)CCC3=O)cc2)sc2c1CCCCC2. The number of benzene rings is 1.